The minimum Gasteiger partial charge on any atom is -0.444 e. The number of rotatable bonds is 4. The van der Waals surface area contributed by atoms with Crippen LogP contribution in [0.3, 0.4) is 0 Å². The molecule has 124 valence electrons. The lowest BCUT2D eigenvalue weighted by atomic mass is 10.2. The lowest BCUT2D eigenvalue weighted by Gasteiger charge is -2.19. The van der Waals surface area contributed by atoms with Crippen LogP contribution in [0.15, 0.2) is 34.6 Å². The van der Waals surface area contributed by atoms with Gasteiger partial charge in [-0.3, -0.25) is 0 Å². The summed E-state index contributed by atoms with van der Waals surface area (Å²) in [6.45, 7) is 5.27. The molecule has 1 heterocycles. The molecule has 0 saturated carbocycles. The molecule has 0 saturated heterocycles. The highest BCUT2D eigenvalue weighted by molar-refractivity contribution is 9.10. The van der Waals surface area contributed by atoms with Gasteiger partial charge in [0.1, 0.15) is 16.9 Å². The van der Waals surface area contributed by atoms with E-state index in [0.29, 0.717) is 5.52 Å². The Bertz CT molecular complexity index is 737. The second-order valence-electron chi connectivity index (χ2n) is 5.89. The van der Waals surface area contributed by atoms with Gasteiger partial charge in [0.25, 0.3) is 0 Å². The van der Waals surface area contributed by atoms with Crippen LogP contribution in [0.25, 0.3) is 11.0 Å². The lowest BCUT2D eigenvalue weighted by molar-refractivity contribution is 0.0534. The number of allylic oxidation sites excluding steroid dienone is 1. The predicted molar refractivity (Wildman–Crippen MR) is 88.7 cm³/mol. The third-order valence-electron chi connectivity index (χ3n) is 2.77. The molecule has 0 unspecified atom stereocenters. The summed E-state index contributed by atoms with van der Waals surface area (Å²) < 4.78 is 21.3. The van der Waals surface area contributed by atoms with E-state index in [1.807, 2.05) is 18.2 Å². The molecule has 0 atom stereocenters. The number of carbonyl (C=O) groups is 1. The second-order valence-corrected chi connectivity index (χ2v) is 6.74. The van der Waals surface area contributed by atoms with Crippen molar-refractivity contribution in [1.29, 1.82) is 0 Å². The summed E-state index contributed by atoms with van der Waals surface area (Å²) in [5, 5.41) is 10.4. The summed E-state index contributed by atoms with van der Waals surface area (Å²) in [4.78, 5) is 11.5. The number of amides is 1. The molecule has 0 fully saturated rings. The average molecular weight is 385 g/mol. The van der Waals surface area contributed by atoms with Crippen molar-refractivity contribution in [2.45, 2.75) is 32.9 Å². The van der Waals surface area contributed by atoms with Crippen molar-refractivity contribution >= 4 is 33.1 Å². The number of alkyl carbamates (subject to hydrolysis) is 1. The molecule has 0 aliphatic rings. The Kier molecular flexibility index (Phi) is 5.35. The van der Waals surface area contributed by atoms with E-state index in [0.717, 1.165) is 9.99 Å². The highest BCUT2D eigenvalue weighted by atomic mass is 79.9. The third-order valence-corrected chi connectivity index (χ3v) is 3.41. The fourth-order valence-electron chi connectivity index (χ4n) is 1.84. The summed E-state index contributed by atoms with van der Waals surface area (Å²) in [5.41, 5.74) is 0.814. The van der Waals surface area contributed by atoms with E-state index >= 15 is 0 Å². The van der Waals surface area contributed by atoms with Gasteiger partial charge in [-0.15, -0.1) is 5.10 Å². The van der Waals surface area contributed by atoms with Gasteiger partial charge in [0.2, 0.25) is 0 Å². The van der Waals surface area contributed by atoms with Crippen molar-refractivity contribution in [1.82, 2.24) is 20.3 Å². The SMILES string of the molecule is CC(C)(C)OC(=O)NC/C=C(\F)Cn1nnc2c(Br)cccc21. The summed E-state index contributed by atoms with van der Waals surface area (Å²) in [6.07, 6.45) is 0.687. The van der Waals surface area contributed by atoms with E-state index in [2.05, 4.69) is 31.6 Å². The highest BCUT2D eigenvalue weighted by Gasteiger charge is 2.15. The Morgan fingerprint density at radius 2 is 2.22 bits per heavy atom. The molecule has 6 nitrogen and oxygen atoms in total. The van der Waals surface area contributed by atoms with Crippen molar-refractivity contribution in [2.24, 2.45) is 0 Å². The average Bonchev–Trinajstić information content (AvgIpc) is 2.81. The number of carbonyl (C=O) groups excluding carboxylic acids is 1. The van der Waals surface area contributed by atoms with Crippen LogP contribution in [0.1, 0.15) is 20.8 Å². The number of halogens is 2. The Morgan fingerprint density at radius 1 is 1.48 bits per heavy atom. The fourth-order valence-corrected chi connectivity index (χ4v) is 2.28. The maximum atomic E-state index is 14.0. The first-order chi connectivity index (χ1) is 10.8. The molecule has 2 aromatic rings. The molecule has 0 spiro atoms. The van der Waals surface area contributed by atoms with E-state index in [-0.39, 0.29) is 13.1 Å². The van der Waals surface area contributed by atoms with Crippen LogP contribution in [0.4, 0.5) is 9.18 Å². The number of nitrogens with one attached hydrogen (secondary N) is 1. The third kappa shape index (κ3) is 5.02. The minimum atomic E-state index is -0.586. The van der Waals surface area contributed by atoms with E-state index in [9.17, 15) is 9.18 Å². The van der Waals surface area contributed by atoms with Crippen molar-refractivity contribution in [2.75, 3.05) is 6.54 Å². The molecule has 1 N–H and O–H groups in total. The van der Waals surface area contributed by atoms with E-state index in [1.165, 1.54) is 10.8 Å². The number of nitrogens with zero attached hydrogens (tertiary/aromatic N) is 3. The summed E-state index contributed by atoms with van der Waals surface area (Å²) in [6, 6.07) is 5.49. The van der Waals surface area contributed by atoms with Crippen LogP contribution < -0.4 is 5.32 Å². The molecule has 23 heavy (non-hydrogen) atoms. The van der Waals surface area contributed by atoms with E-state index < -0.39 is 17.5 Å². The van der Waals surface area contributed by atoms with Gasteiger partial charge in [-0.2, -0.15) is 0 Å². The van der Waals surface area contributed by atoms with Crippen LogP contribution in [-0.2, 0) is 11.3 Å². The largest absolute Gasteiger partial charge is 0.444 e. The molecule has 1 amide bonds. The standard InChI is InChI=1S/C15H18BrFN4O2/c1-15(2,3)23-14(22)18-8-7-10(17)9-21-12-6-4-5-11(16)13(12)19-20-21/h4-7H,8-9H2,1-3H3,(H,18,22)/b10-7-. The topological polar surface area (TPSA) is 69.0 Å². The quantitative estimate of drug-likeness (QED) is 0.874. The van der Waals surface area contributed by atoms with E-state index in [4.69, 9.17) is 4.74 Å². The van der Waals surface area contributed by atoms with Gasteiger partial charge < -0.3 is 10.1 Å². The Balaban J connectivity index is 1.94. The molecule has 0 aliphatic carbocycles. The van der Waals surface area contributed by atoms with Gasteiger partial charge >= 0.3 is 6.09 Å². The molecule has 8 heteroatoms. The van der Waals surface area contributed by atoms with Gasteiger partial charge in [0, 0.05) is 11.0 Å². The van der Waals surface area contributed by atoms with Crippen molar-refractivity contribution in [3.05, 3.63) is 34.6 Å². The van der Waals surface area contributed by atoms with Gasteiger partial charge in [-0.25, -0.2) is 13.9 Å². The first-order valence-electron chi connectivity index (χ1n) is 7.05. The maximum Gasteiger partial charge on any atom is 0.407 e. The molecule has 1 aromatic heterocycles. The number of aromatic nitrogens is 3. The van der Waals surface area contributed by atoms with Crippen LogP contribution in [0.5, 0.6) is 0 Å². The number of benzene rings is 1. The Morgan fingerprint density at radius 3 is 2.91 bits per heavy atom. The summed E-state index contributed by atoms with van der Waals surface area (Å²) in [5.74, 6) is -0.423. The zero-order valence-electron chi connectivity index (χ0n) is 13.1. The monoisotopic (exact) mass is 384 g/mol. The van der Waals surface area contributed by atoms with Gasteiger partial charge in [0.05, 0.1) is 12.1 Å². The molecule has 1 aromatic carbocycles. The molecule has 0 aliphatic heterocycles. The first kappa shape index (κ1) is 17.4. The lowest BCUT2D eigenvalue weighted by Crippen LogP contribution is -2.32. The maximum absolute atomic E-state index is 14.0. The normalized spacial score (nSPS) is 12.5. The van der Waals surface area contributed by atoms with Crippen LogP contribution in [0, 0.1) is 0 Å². The van der Waals surface area contributed by atoms with E-state index in [1.54, 1.807) is 20.8 Å². The zero-order valence-corrected chi connectivity index (χ0v) is 14.7. The molecular formula is C15H18BrFN4O2. The highest BCUT2D eigenvalue weighted by Crippen LogP contribution is 2.21. The summed E-state index contributed by atoms with van der Waals surface area (Å²) >= 11 is 3.37. The zero-order chi connectivity index (χ0) is 17.0. The first-order valence-corrected chi connectivity index (χ1v) is 7.84. The number of fused-ring (bicyclic) bond motifs is 1. The Hall–Kier alpha value is -1.96. The molecule has 2 rings (SSSR count). The number of ether oxygens (including phenoxy) is 1. The molecular weight excluding hydrogens is 367 g/mol. The van der Waals surface area contributed by atoms with Crippen LogP contribution >= 0.6 is 15.9 Å². The van der Waals surface area contributed by atoms with Crippen molar-refractivity contribution in [3.8, 4) is 0 Å². The van der Waals surface area contributed by atoms with Gasteiger partial charge in [0.15, 0.2) is 0 Å². The minimum absolute atomic E-state index is 0.0388. The smallest absolute Gasteiger partial charge is 0.407 e. The predicted octanol–water partition coefficient (Wildman–Crippen LogP) is 3.57. The van der Waals surface area contributed by atoms with Crippen LogP contribution in [0.2, 0.25) is 0 Å². The van der Waals surface area contributed by atoms with Crippen molar-refractivity contribution in [3.63, 3.8) is 0 Å². The van der Waals surface area contributed by atoms with Gasteiger partial charge in [-0.05, 0) is 54.9 Å². The van der Waals surface area contributed by atoms with Crippen molar-refractivity contribution < 1.29 is 13.9 Å². The number of hydrogen-bond acceptors (Lipinski definition) is 4. The molecule has 0 bridgehead atoms. The fraction of sp³-hybridized carbons (Fsp3) is 0.400. The molecule has 0 radical (unpaired) electrons. The summed E-state index contributed by atoms with van der Waals surface area (Å²) in [7, 11) is 0. The van der Waals surface area contributed by atoms with Crippen LogP contribution in [-0.4, -0.2) is 33.2 Å². The van der Waals surface area contributed by atoms with Gasteiger partial charge in [-0.1, -0.05) is 11.3 Å². The second kappa shape index (κ2) is 7.08. The number of hydrogen-bond donors (Lipinski definition) is 1. The Labute approximate surface area is 141 Å².